The fourth-order valence-corrected chi connectivity index (χ4v) is 2.99. The Morgan fingerprint density at radius 3 is 2.62 bits per heavy atom. The van der Waals surface area contributed by atoms with Crippen molar-refractivity contribution in [1.82, 2.24) is 10.2 Å². The molecular weight excluding hydrogens is 304 g/mol. The Hall–Kier alpha value is -1.88. The van der Waals surface area contributed by atoms with Gasteiger partial charge in [0.15, 0.2) is 0 Å². The third-order valence-electron chi connectivity index (χ3n) is 4.54. The number of carbonyl (C=O) groups excluding carboxylic acids is 2. The fraction of sp³-hybridized carbons (Fsp3) is 0.579. The highest BCUT2D eigenvalue weighted by molar-refractivity contribution is 5.79. The molecule has 1 aromatic rings. The van der Waals surface area contributed by atoms with Crippen molar-refractivity contribution in [3.8, 4) is 0 Å². The number of rotatable bonds is 5. The summed E-state index contributed by atoms with van der Waals surface area (Å²) in [6, 6.07) is 9.25. The number of aliphatic hydroxyl groups is 1. The minimum Gasteiger partial charge on any atom is -0.385 e. The number of nitrogens with zero attached hydrogens (tertiary/aromatic N) is 1. The van der Waals surface area contributed by atoms with Crippen molar-refractivity contribution in [3.05, 3.63) is 35.9 Å². The van der Waals surface area contributed by atoms with Gasteiger partial charge in [0.1, 0.15) is 0 Å². The molecule has 0 saturated carbocycles. The van der Waals surface area contributed by atoms with Gasteiger partial charge >= 0.3 is 0 Å². The number of benzene rings is 1. The maximum atomic E-state index is 12.6. The summed E-state index contributed by atoms with van der Waals surface area (Å²) in [5.41, 5.74) is -0.452. The molecule has 2 amide bonds. The van der Waals surface area contributed by atoms with Gasteiger partial charge in [0.25, 0.3) is 0 Å². The molecule has 1 saturated heterocycles. The van der Waals surface area contributed by atoms with Crippen molar-refractivity contribution < 1.29 is 14.7 Å². The van der Waals surface area contributed by atoms with E-state index in [2.05, 4.69) is 5.32 Å². The Morgan fingerprint density at radius 1 is 1.33 bits per heavy atom. The maximum absolute atomic E-state index is 12.6. The molecule has 132 valence electrons. The first-order valence-corrected chi connectivity index (χ1v) is 8.65. The first-order valence-electron chi connectivity index (χ1n) is 8.65. The molecule has 0 aromatic heterocycles. The molecule has 0 bridgehead atoms. The monoisotopic (exact) mass is 332 g/mol. The Bertz CT molecular complexity index is 569. The average molecular weight is 332 g/mol. The molecule has 24 heavy (non-hydrogen) atoms. The molecule has 2 rings (SSSR count). The van der Waals surface area contributed by atoms with Crippen LogP contribution >= 0.6 is 0 Å². The molecule has 5 nitrogen and oxygen atoms in total. The number of nitrogens with one attached hydrogen (secondary N) is 1. The van der Waals surface area contributed by atoms with Crippen LogP contribution in [0.2, 0.25) is 0 Å². The van der Waals surface area contributed by atoms with Crippen molar-refractivity contribution >= 4 is 11.8 Å². The molecule has 1 fully saturated rings. The number of amides is 2. The number of piperidine rings is 1. The second-order valence-corrected chi connectivity index (χ2v) is 7.16. The van der Waals surface area contributed by atoms with Gasteiger partial charge in [-0.2, -0.15) is 0 Å². The fourth-order valence-electron chi connectivity index (χ4n) is 2.99. The van der Waals surface area contributed by atoms with Gasteiger partial charge in [-0.15, -0.1) is 0 Å². The summed E-state index contributed by atoms with van der Waals surface area (Å²) in [4.78, 5) is 26.2. The minimum absolute atomic E-state index is 0.000672. The van der Waals surface area contributed by atoms with Crippen LogP contribution in [0.1, 0.15) is 45.6 Å². The lowest BCUT2D eigenvalue weighted by Gasteiger charge is -2.35. The second-order valence-electron chi connectivity index (χ2n) is 7.16. The molecule has 0 spiro atoms. The number of hydrogen-bond donors (Lipinski definition) is 2. The van der Waals surface area contributed by atoms with Crippen LogP contribution in [-0.4, -0.2) is 41.0 Å². The summed E-state index contributed by atoms with van der Waals surface area (Å²) in [5, 5.41) is 13.7. The zero-order valence-electron chi connectivity index (χ0n) is 14.8. The molecule has 0 aliphatic carbocycles. The van der Waals surface area contributed by atoms with E-state index in [-0.39, 0.29) is 30.2 Å². The van der Waals surface area contributed by atoms with Crippen LogP contribution in [0.4, 0.5) is 0 Å². The van der Waals surface area contributed by atoms with Gasteiger partial charge in [0.2, 0.25) is 11.8 Å². The van der Waals surface area contributed by atoms with Crippen LogP contribution in [0.15, 0.2) is 30.3 Å². The predicted molar refractivity (Wildman–Crippen MR) is 93.2 cm³/mol. The normalized spacial score (nSPS) is 20.5. The average Bonchev–Trinajstić information content (AvgIpc) is 2.55. The summed E-state index contributed by atoms with van der Waals surface area (Å²) >= 11 is 0. The quantitative estimate of drug-likeness (QED) is 0.867. The van der Waals surface area contributed by atoms with Crippen LogP contribution in [0.5, 0.6) is 0 Å². The topological polar surface area (TPSA) is 69.6 Å². The molecule has 1 heterocycles. The molecule has 2 atom stereocenters. The molecule has 2 unspecified atom stereocenters. The lowest BCUT2D eigenvalue weighted by atomic mass is 9.91. The van der Waals surface area contributed by atoms with Gasteiger partial charge in [0.05, 0.1) is 12.0 Å². The highest BCUT2D eigenvalue weighted by Gasteiger charge is 2.31. The molecular formula is C19H28N2O3. The van der Waals surface area contributed by atoms with Crippen LogP contribution in [0.25, 0.3) is 0 Å². The minimum atomic E-state index is -1.19. The van der Waals surface area contributed by atoms with Gasteiger partial charge in [-0.25, -0.2) is 0 Å². The molecule has 1 aliphatic heterocycles. The van der Waals surface area contributed by atoms with E-state index in [1.807, 2.05) is 44.2 Å². The number of hydrogen-bond acceptors (Lipinski definition) is 3. The zero-order valence-corrected chi connectivity index (χ0v) is 14.8. The predicted octanol–water partition coefficient (Wildman–Crippen LogP) is 2.05. The third kappa shape index (κ3) is 4.81. The lowest BCUT2D eigenvalue weighted by molar-refractivity contribution is -0.138. The Balaban J connectivity index is 1.95. The molecule has 1 aromatic carbocycles. The van der Waals surface area contributed by atoms with E-state index in [0.29, 0.717) is 13.1 Å². The molecule has 0 radical (unpaired) electrons. The molecule has 5 heteroatoms. The second kappa shape index (κ2) is 7.79. The van der Waals surface area contributed by atoms with E-state index >= 15 is 0 Å². The van der Waals surface area contributed by atoms with E-state index < -0.39 is 5.60 Å². The van der Waals surface area contributed by atoms with Gasteiger partial charge in [-0.05, 0) is 25.3 Å². The highest BCUT2D eigenvalue weighted by Crippen LogP contribution is 2.26. The van der Waals surface area contributed by atoms with Crippen LogP contribution < -0.4 is 5.32 Å². The van der Waals surface area contributed by atoms with Crippen molar-refractivity contribution in [1.29, 1.82) is 0 Å². The van der Waals surface area contributed by atoms with Gasteiger partial charge in [0, 0.05) is 25.0 Å². The van der Waals surface area contributed by atoms with Gasteiger partial charge in [-0.1, -0.05) is 44.2 Å². The van der Waals surface area contributed by atoms with E-state index in [9.17, 15) is 14.7 Å². The Morgan fingerprint density at radius 2 is 2.00 bits per heavy atom. The highest BCUT2D eigenvalue weighted by atomic mass is 16.3. The van der Waals surface area contributed by atoms with E-state index in [1.165, 1.54) is 0 Å². The third-order valence-corrected chi connectivity index (χ3v) is 4.54. The van der Waals surface area contributed by atoms with Crippen LogP contribution in [0, 0.1) is 5.92 Å². The Labute approximate surface area is 144 Å². The van der Waals surface area contributed by atoms with Gasteiger partial charge < -0.3 is 15.3 Å². The zero-order chi connectivity index (χ0) is 17.7. The number of carbonyl (C=O) groups is 2. The van der Waals surface area contributed by atoms with Crippen LogP contribution in [-0.2, 0) is 15.2 Å². The summed E-state index contributed by atoms with van der Waals surface area (Å²) in [6.07, 6.45) is 1.79. The van der Waals surface area contributed by atoms with Crippen molar-refractivity contribution in [3.63, 3.8) is 0 Å². The Kier molecular flexibility index (Phi) is 5.99. The molecule has 2 N–H and O–H groups in total. The standard InChI is InChI=1S/C19H28N2O3/c1-14(2)18(23)20-16-10-7-11-21(13-16)17(22)12-19(3,24)15-8-5-4-6-9-15/h4-6,8-9,14,16,24H,7,10-13H2,1-3H3,(H,20,23). The summed E-state index contributed by atoms with van der Waals surface area (Å²) in [5.74, 6) is -0.118. The van der Waals surface area contributed by atoms with E-state index in [1.54, 1.807) is 11.8 Å². The first kappa shape index (κ1) is 18.5. The summed E-state index contributed by atoms with van der Waals surface area (Å²) < 4.78 is 0. The van der Waals surface area contributed by atoms with Crippen molar-refractivity contribution in [2.75, 3.05) is 13.1 Å². The van der Waals surface area contributed by atoms with Gasteiger partial charge in [-0.3, -0.25) is 9.59 Å². The van der Waals surface area contributed by atoms with Crippen LogP contribution in [0.3, 0.4) is 0 Å². The lowest BCUT2D eigenvalue weighted by Crippen LogP contribution is -2.51. The van der Waals surface area contributed by atoms with Crippen molar-refractivity contribution in [2.24, 2.45) is 5.92 Å². The van der Waals surface area contributed by atoms with E-state index in [4.69, 9.17) is 0 Å². The summed E-state index contributed by atoms with van der Waals surface area (Å²) in [7, 11) is 0. The smallest absolute Gasteiger partial charge is 0.225 e. The van der Waals surface area contributed by atoms with Crippen molar-refractivity contribution in [2.45, 2.75) is 51.7 Å². The summed E-state index contributed by atoms with van der Waals surface area (Å²) in [6.45, 7) is 6.58. The first-order chi connectivity index (χ1) is 11.3. The van der Waals surface area contributed by atoms with E-state index in [0.717, 1.165) is 18.4 Å². The largest absolute Gasteiger partial charge is 0.385 e. The maximum Gasteiger partial charge on any atom is 0.225 e. The SMILES string of the molecule is CC(C)C(=O)NC1CCCN(C(=O)CC(C)(O)c2ccccc2)C1. The number of likely N-dealkylation sites (tertiary alicyclic amines) is 1. The molecule has 1 aliphatic rings.